The highest BCUT2D eigenvalue weighted by Crippen LogP contribution is 2.11. The van der Waals surface area contributed by atoms with E-state index in [1.54, 1.807) is 30.7 Å². The Balaban J connectivity index is 1.73. The Morgan fingerprint density at radius 1 is 1.39 bits per heavy atom. The van der Waals surface area contributed by atoms with Gasteiger partial charge in [-0.25, -0.2) is 4.98 Å². The number of benzene rings is 1. The van der Waals surface area contributed by atoms with Crippen molar-refractivity contribution in [3.05, 3.63) is 57.1 Å². The van der Waals surface area contributed by atoms with Crippen LogP contribution in [0.1, 0.15) is 29.4 Å². The van der Waals surface area contributed by atoms with Crippen LogP contribution in [0.4, 0.5) is 0 Å². The summed E-state index contributed by atoms with van der Waals surface area (Å²) in [5.41, 5.74) is 1.81. The topological polar surface area (TPSA) is 105 Å². The van der Waals surface area contributed by atoms with Crippen molar-refractivity contribution in [2.75, 3.05) is 19.8 Å². The fraction of sp³-hybridized carbons (Fsp3) is 0.368. The normalized spacial score (nSPS) is 11.0. The summed E-state index contributed by atoms with van der Waals surface area (Å²) in [6, 6.07) is 4.96. The van der Waals surface area contributed by atoms with Gasteiger partial charge in [-0.15, -0.1) is 0 Å². The Hall–Kier alpha value is -2.78. The quantitative estimate of drug-likeness (QED) is 0.377. The molecule has 9 heteroatoms. The van der Waals surface area contributed by atoms with Gasteiger partial charge in [0.15, 0.2) is 4.77 Å². The molecule has 1 aromatic carbocycles. The molecule has 0 radical (unpaired) electrons. The van der Waals surface area contributed by atoms with Crippen molar-refractivity contribution in [3.8, 4) is 0 Å². The van der Waals surface area contributed by atoms with Crippen LogP contribution < -0.4 is 10.9 Å². The second-order valence-corrected chi connectivity index (χ2v) is 6.67. The minimum atomic E-state index is -0.207. The van der Waals surface area contributed by atoms with Gasteiger partial charge in [0.1, 0.15) is 0 Å². The molecule has 0 saturated heterocycles. The molecule has 0 atom stereocenters. The average molecular weight is 401 g/mol. The number of hydrogen-bond acceptors (Lipinski definition) is 5. The molecule has 0 aliphatic heterocycles. The largest absolute Gasteiger partial charge is 0.382 e. The first kappa shape index (κ1) is 20.0. The fourth-order valence-corrected chi connectivity index (χ4v) is 3.19. The lowest BCUT2D eigenvalue weighted by Crippen LogP contribution is -2.26. The molecule has 3 N–H and O–H groups in total. The van der Waals surface area contributed by atoms with Crippen molar-refractivity contribution < 1.29 is 9.53 Å². The molecule has 3 rings (SSSR count). The highest BCUT2D eigenvalue weighted by Gasteiger charge is 2.10. The summed E-state index contributed by atoms with van der Waals surface area (Å²) in [6.07, 6.45) is 4.69. The molecule has 28 heavy (non-hydrogen) atoms. The van der Waals surface area contributed by atoms with Crippen LogP contribution in [0.2, 0.25) is 0 Å². The molecule has 2 aromatic heterocycles. The van der Waals surface area contributed by atoms with Crippen LogP contribution in [-0.2, 0) is 17.7 Å². The summed E-state index contributed by atoms with van der Waals surface area (Å²) in [6.45, 7) is 4.12. The number of nitrogens with one attached hydrogen (secondary N) is 3. The standard InChI is InChI=1S/C19H23N5O3S/c1-2-27-9-3-8-24-18(26)15-5-4-13(10-16(15)23-19(24)28)17(25)21-7-6-14-11-20-12-22-14/h4-5,10-12H,2-3,6-9H2,1H3,(H,20,22)(H,21,25)(H,23,28). The third-order valence-corrected chi connectivity index (χ3v) is 4.68. The average Bonchev–Trinajstić information content (AvgIpc) is 3.20. The van der Waals surface area contributed by atoms with Gasteiger partial charge in [-0.05, 0) is 43.8 Å². The van der Waals surface area contributed by atoms with Gasteiger partial charge < -0.3 is 20.0 Å². The van der Waals surface area contributed by atoms with E-state index < -0.39 is 0 Å². The predicted octanol–water partition coefficient (Wildman–Crippen LogP) is 2.18. The van der Waals surface area contributed by atoms with Crippen molar-refractivity contribution in [2.45, 2.75) is 26.3 Å². The maximum Gasteiger partial charge on any atom is 0.262 e. The first-order valence-electron chi connectivity index (χ1n) is 9.20. The number of aromatic amines is 2. The minimum absolute atomic E-state index is 0.165. The summed E-state index contributed by atoms with van der Waals surface area (Å²) in [5, 5.41) is 3.36. The van der Waals surface area contributed by atoms with Gasteiger partial charge in [0.05, 0.1) is 17.2 Å². The van der Waals surface area contributed by atoms with E-state index in [1.165, 1.54) is 4.57 Å². The Morgan fingerprint density at radius 3 is 3.00 bits per heavy atom. The zero-order chi connectivity index (χ0) is 19.9. The molecule has 0 saturated carbocycles. The first-order chi connectivity index (χ1) is 13.6. The minimum Gasteiger partial charge on any atom is -0.382 e. The number of ether oxygens (including phenoxy) is 1. The van der Waals surface area contributed by atoms with Crippen LogP contribution >= 0.6 is 12.2 Å². The van der Waals surface area contributed by atoms with E-state index in [9.17, 15) is 9.59 Å². The van der Waals surface area contributed by atoms with Gasteiger partial charge in [-0.2, -0.15) is 0 Å². The van der Waals surface area contributed by atoms with Crippen molar-refractivity contribution in [3.63, 3.8) is 0 Å². The van der Waals surface area contributed by atoms with E-state index in [-0.39, 0.29) is 11.5 Å². The van der Waals surface area contributed by atoms with Gasteiger partial charge in [-0.1, -0.05) is 0 Å². The molecule has 0 aliphatic rings. The van der Waals surface area contributed by atoms with Gasteiger partial charge >= 0.3 is 0 Å². The fourth-order valence-electron chi connectivity index (χ4n) is 2.90. The van der Waals surface area contributed by atoms with Gasteiger partial charge in [-0.3, -0.25) is 14.2 Å². The number of imidazole rings is 1. The van der Waals surface area contributed by atoms with E-state index >= 15 is 0 Å². The van der Waals surface area contributed by atoms with Gasteiger partial charge in [0.25, 0.3) is 11.5 Å². The summed E-state index contributed by atoms with van der Waals surface area (Å²) in [5.74, 6) is -0.207. The van der Waals surface area contributed by atoms with Crippen LogP contribution in [0.5, 0.6) is 0 Å². The molecule has 3 aromatic rings. The van der Waals surface area contributed by atoms with Crippen molar-refractivity contribution in [1.82, 2.24) is 24.8 Å². The summed E-state index contributed by atoms with van der Waals surface area (Å²) in [7, 11) is 0. The zero-order valence-electron chi connectivity index (χ0n) is 15.7. The Morgan fingerprint density at radius 2 is 2.25 bits per heavy atom. The third kappa shape index (κ3) is 4.73. The van der Waals surface area contributed by atoms with E-state index in [4.69, 9.17) is 17.0 Å². The maximum atomic E-state index is 12.7. The lowest BCUT2D eigenvalue weighted by Gasteiger charge is -2.09. The molecule has 1 amide bonds. The van der Waals surface area contributed by atoms with Crippen LogP contribution in [0.25, 0.3) is 10.9 Å². The maximum absolute atomic E-state index is 12.7. The van der Waals surface area contributed by atoms with E-state index in [2.05, 4.69) is 20.3 Å². The van der Waals surface area contributed by atoms with Gasteiger partial charge in [0.2, 0.25) is 0 Å². The molecule has 8 nitrogen and oxygen atoms in total. The molecule has 2 heterocycles. The number of amides is 1. The third-order valence-electron chi connectivity index (χ3n) is 4.35. The molecular formula is C19H23N5O3S. The molecule has 0 unspecified atom stereocenters. The number of rotatable bonds is 9. The SMILES string of the molecule is CCOCCCn1c(=S)[nH]c2cc(C(=O)NCCc3cnc[nH]3)ccc2c1=O. The Kier molecular flexibility index (Phi) is 6.72. The number of fused-ring (bicyclic) bond motifs is 1. The zero-order valence-corrected chi connectivity index (χ0v) is 16.5. The molecular weight excluding hydrogens is 378 g/mol. The molecule has 0 fully saturated rings. The number of carbonyl (C=O) groups is 1. The highest BCUT2D eigenvalue weighted by molar-refractivity contribution is 7.71. The van der Waals surface area contributed by atoms with Crippen LogP contribution in [0.3, 0.4) is 0 Å². The molecule has 0 aliphatic carbocycles. The first-order valence-corrected chi connectivity index (χ1v) is 9.61. The smallest absolute Gasteiger partial charge is 0.262 e. The molecule has 0 spiro atoms. The predicted molar refractivity (Wildman–Crippen MR) is 109 cm³/mol. The number of carbonyl (C=O) groups excluding carboxylic acids is 1. The van der Waals surface area contributed by atoms with Crippen LogP contribution in [-0.4, -0.2) is 45.2 Å². The molecule has 148 valence electrons. The second-order valence-electron chi connectivity index (χ2n) is 6.28. The summed E-state index contributed by atoms with van der Waals surface area (Å²) in [4.78, 5) is 35.1. The van der Waals surface area contributed by atoms with Crippen molar-refractivity contribution in [2.24, 2.45) is 0 Å². The second kappa shape index (κ2) is 9.43. The van der Waals surface area contributed by atoms with Gasteiger partial charge in [0, 0.05) is 50.2 Å². The highest BCUT2D eigenvalue weighted by atomic mass is 32.1. The monoisotopic (exact) mass is 401 g/mol. The van der Waals surface area contributed by atoms with Crippen LogP contribution in [0.15, 0.2) is 35.5 Å². The number of H-pyrrole nitrogens is 2. The van der Waals surface area contributed by atoms with E-state index in [0.717, 1.165) is 5.69 Å². The number of hydrogen-bond donors (Lipinski definition) is 3. The molecule has 0 bridgehead atoms. The summed E-state index contributed by atoms with van der Waals surface area (Å²) < 4.78 is 7.18. The van der Waals surface area contributed by atoms with E-state index in [0.29, 0.717) is 60.4 Å². The lowest BCUT2D eigenvalue weighted by molar-refractivity contribution is 0.0954. The Labute approximate surface area is 167 Å². The lowest BCUT2D eigenvalue weighted by atomic mass is 10.1. The number of nitrogens with zero attached hydrogens (tertiary/aromatic N) is 2. The van der Waals surface area contributed by atoms with Crippen LogP contribution in [0, 0.1) is 4.77 Å². The Bertz CT molecular complexity index is 1060. The number of aromatic nitrogens is 4. The summed E-state index contributed by atoms with van der Waals surface area (Å²) >= 11 is 5.33. The van der Waals surface area contributed by atoms with Crippen molar-refractivity contribution in [1.29, 1.82) is 0 Å². The van der Waals surface area contributed by atoms with E-state index in [1.807, 2.05) is 6.92 Å². The van der Waals surface area contributed by atoms with Crippen molar-refractivity contribution >= 4 is 29.0 Å².